The van der Waals surface area contributed by atoms with Crippen LogP contribution in [-0.4, -0.2) is 20.5 Å². The van der Waals surface area contributed by atoms with Crippen LogP contribution in [0.3, 0.4) is 0 Å². The number of hydrogen-bond acceptors (Lipinski definition) is 4. The molecule has 0 unspecified atom stereocenters. The lowest BCUT2D eigenvalue weighted by Crippen LogP contribution is -2.28. The number of thioether (sulfide) groups is 1. The van der Waals surface area contributed by atoms with Gasteiger partial charge >= 0.3 is 0 Å². The van der Waals surface area contributed by atoms with Crippen molar-refractivity contribution in [3.63, 3.8) is 0 Å². The van der Waals surface area contributed by atoms with Gasteiger partial charge in [0.15, 0.2) is 5.17 Å². The standard InChI is InChI=1S/C27H21BrClN3O2S/c1-17-13-19(18(2)32(17)21-10-11-23(28)24(29)15-21)14-25-26(33)31(16-22-9-6-12-34-22)27(35-25)30-20-7-4-3-5-8-20/h3-15H,16H2,1-2H3. The predicted molar refractivity (Wildman–Crippen MR) is 146 cm³/mol. The summed E-state index contributed by atoms with van der Waals surface area (Å²) in [6, 6.07) is 21.3. The molecule has 176 valence electrons. The maximum Gasteiger partial charge on any atom is 0.267 e. The van der Waals surface area contributed by atoms with Crippen molar-refractivity contribution in [3.8, 4) is 5.69 Å². The first-order valence-electron chi connectivity index (χ1n) is 10.9. The number of aryl methyl sites for hydroxylation is 1. The van der Waals surface area contributed by atoms with Crippen LogP contribution in [0.5, 0.6) is 0 Å². The molecule has 0 atom stereocenters. The monoisotopic (exact) mass is 565 g/mol. The van der Waals surface area contributed by atoms with Crippen molar-refractivity contribution in [2.45, 2.75) is 20.4 Å². The highest BCUT2D eigenvalue weighted by molar-refractivity contribution is 9.10. The Morgan fingerprint density at radius 2 is 1.89 bits per heavy atom. The lowest BCUT2D eigenvalue weighted by Gasteiger charge is -2.13. The first-order valence-corrected chi connectivity index (χ1v) is 12.9. The number of para-hydroxylation sites is 1. The van der Waals surface area contributed by atoms with E-state index in [0.29, 0.717) is 27.4 Å². The van der Waals surface area contributed by atoms with Crippen LogP contribution >= 0.6 is 39.3 Å². The van der Waals surface area contributed by atoms with Crippen molar-refractivity contribution in [2.75, 3.05) is 0 Å². The summed E-state index contributed by atoms with van der Waals surface area (Å²) in [7, 11) is 0. The molecule has 4 aromatic rings. The molecule has 2 aromatic carbocycles. The van der Waals surface area contributed by atoms with Crippen LogP contribution in [0.2, 0.25) is 5.02 Å². The van der Waals surface area contributed by atoms with Crippen molar-refractivity contribution >= 4 is 62.1 Å². The van der Waals surface area contributed by atoms with Crippen LogP contribution in [0.25, 0.3) is 11.8 Å². The van der Waals surface area contributed by atoms with E-state index in [2.05, 4.69) is 26.6 Å². The minimum absolute atomic E-state index is 0.0995. The minimum atomic E-state index is -0.0995. The Labute approximate surface area is 221 Å². The third-order valence-corrected chi connectivity index (χ3v) is 7.92. The summed E-state index contributed by atoms with van der Waals surface area (Å²) in [5.74, 6) is 0.601. The van der Waals surface area contributed by atoms with Crippen molar-refractivity contribution in [3.05, 3.63) is 110 Å². The number of nitrogens with zero attached hydrogens (tertiary/aromatic N) is 3. The Hall–Kier alpha value is -3.00. The van der Waals surface area contributed by atoms with E-state index in [1.54, 1.807) is 11.2 Å². The van der Waals surface area contributed by atoms with Gasteiger partial charge in [0.1, 0.15) is 5.76 Å². The summed E-state index contributed by atoms with van der Waals surface area (Å²) in [4.78, 5) is 20.5. The number of aliphatic imine (C=N–C) groups is 1. The molecule has 5 rings (SSSR count). The normalized spacial score (nSPS) is 16.1. The van der Waals surface area contributed by atoms with Gasteiger partial charge in [0.25, 0.3) is 5.91 Å². The van der Waals surface area contributed by atoms with Gasteiger partial charge in [0.2, 0.25) is 0 Å². The first kappa shape index (κ1) is 23.7. The van der Waals surface area contributed by atoms with Gasteiger partial charge in [-0.3, -0.25) is 9.69 Å². The van der Waals surface area contributed by atoms with Crippen LogP contribution in [0.1, 0.15) is 22.7 Å². The lowest BCUT2D eigenvalue weighted by molar-refractivity contribution is -0.122. The molecule has 1 aliphatic heterocycles. The molecule has 5 nitrogen and oxygen atoms in total. The fraction of sp³-hybridized carbons (Fsp3) is 0.111. The molecule has 0 saturated carbocycles. The van der Waals surface area contributed by atoms with Crippen molar-refractivity contribution in [1.82, 2.24) is 9.47 Å². The highest BCUT2D eigenvalue weighted by Crippen LogP contribution is 2.36. The molecule has 0 aliphatic carbocycles. The molecular formula is C27H21BrClN3O2S. The van der Waals surface area contributed by atoms with E-state index >= 15 is 0 Å². The minimum Gasteiger partial charge on any atom is -0.467 e. The van der Waals surface area contributed by atoms with Gasteiger partial charge < -0.3 is 8.98 Å². The average molecular weight is 567 g/mol. The molecule has 2 aromatic heterocycles. The summed E-state index contributed by atoms with van der Waals surface area (Å²) < 4.78 is 8.49. The molecule has 1 aliphatic rings. The fourth-order valence-electron chi connectivity index (χ4n) is 4.00. The summed E-state index contributed by atoms with van der Waals surface area (Å²) >= 11 is 11.2. The maximum atomic E-state index is 13.5. The molecule has 1 amide bonds. The number of furan rings is 1. The Morgan fingerprint density at radius 1 is 1.09 bits per heavy atom. The Bertz CT molecular complexity index is 1460. The Morgan fingerprint density at radius 3 is 2.60 bits per heavy atom. The number of amidine groups is 1. The second-order valence-corrected chi connectivity index (χ2v) is 10.3. The maximum absolute atomic E-state index is 13.5. The number of carbonyl (C=O) groups excluding carboxylic acids is 1. The third kappa shape index (κ3) is 4.89. The SMILES string of the molecule is Cc1cc(C=C2SC(=Nc3ccccc3)N(Cc3ccco3)C2=O)c(C)n1-c1ccc(Br)c(Cl)c1. The predicted octanol–water partition coefficient (Wildman–Crippen LogP) is 7.91. The topological polar surface area (TPSA) is 50.7 Å². The third-order valence-electron chi connectivity index (χ3n) is 5.68. The summed E-state index contributed by atoms with van der Waals surface area (Å²) in [6.07, 6.45) is 3.55. The van der Waals surface area contributed by atoms with Gasteiger partial charge in [-0.1, -0.05) is 29.8 Å². The summed E-state index contributed by atoms with van der Waals surface area (Å²) in [5.41, 5.74) is 4.80. The zero-order valence-corrected chi connectivity index (χ0v) is 22.2. The van der Waals surface area contributed by atoms with Crippen molar-refractivity contribution in [1.29, 1.82) is 0 Å². The smallest absolute Gasteiger partial charge is 0.267 e. The summed E-state index contributed by atoms with van der Waals surface area (Å²) in [6.45, 7) is 4.40. The number of carbonyl (C=O) groups is 1. The molecule has 0 radical (unpaired) electrons. The van der Waals surface area contributed by atoms with Gasteiger partial charge in [-0.25, -0.2) is 4.99 Å². The van der Waals surface area contributed by atoms with E-state index < -0.39 is 0 Å². The Balaban J connectivity index is 1.52. The zero-order chi connectivity index (χ0) is 24.5. The first-order chi connectivity index (χ1) is 16.9. The van der Waals surface area contributed by atoms with Gasteiger partial charge in [-0.15, -0.1) is 0 Å². The average Bonchev–Trinajstić information content (AvgIpc) is 3.53. The molecule has 1 fully saturated rings. The quantitative estimate of drug-likeness (QED) is 0.231. The second-order valence-electron chi connectivity index (χ2n) is 8.07. The molecular weight excluding hydrogens is 546 g/mol. The molecule has 0 spiro atoms. The van der Waals surface area contributed by atoms with Gasteiger partial charge in [-0.05, 0) is 102 Å². The molecule has 0 bridgehead atoms. The van der Waals surface area contributed by atoms with Gasteiger partial charge in [0.05, 0.1) is 28.4 Å². The van der Waals surface area contributed by atoms with Crippen molar-refractivity contribution in [2.24, 2.45) is 4.99 Å². The summed E-state index contributed by atoms with van der Waals surface area (Å²) in [5, 5.41) is 1.27. The van der Waals surface area contributed by atoms with E-state index in [0.717, 1.165) is 32.8 Å². The lowest BCUT2D eigenvalue weighted by atomic mass is 10.2. The number of amides is 1. The number of hydrogen-bond donors (Lipinski definition) is 0. The van der Waals surface area contributed by atoms with E-state index in [4.69, 9.17) is 21.0 Å². The zero-order valence-electron chi connectivity index (χ0n) is 19.0. The molecule has 3 heterocycles. The highest BCUT2D eigenvalue weighted by Gasteiger charge is 2.34. The largest absolute Gasteiger partial charge is 0.467 e. The number of rotatable bonds is 5. The second kappa shape index (κ2) is 9.93. The highest BCUT2D eigenvalue weighted by atomic mass is 79.9. The fourth-order valence-corrected chi connectivity index (χ4v) is 5.41. The van der Waals surface area contributed by atoms with Gasteiger partial charge in [-0.2, -0.15) is 0 Å². The van der Waals surface area contributed by atoms with Crippen LogP contribution in [0, 0.1) is 13.8 Å². The van der Waals surface area contributed by atoms with Crippen LogP contribution in [0.4, 0.5) is 5.69 Å². The number of benzene rings is 2. The Kier molecular flexibility index (Phi) is 6.73. The van der Waals surface area contributed by atoms with Crippen LogP contribution in [-0.2, 0) is 11.3 Å². The van der Waals surface area contributed by atoms with E-state index in [-0.39, 0.29) is 5.91 Å². The van der Waals surface area contributed by atoms with Crippen molar-refractivity contribution < 1.29 is 9.21 Å². The van der Waals surface area contributed by atoms with E-state index in [1.165, 1.54) is 11.8 Å². The van der Waals surface area contributed by atoms with E-state index in [1.807, 2.05) is 80.6 Å². The number of aromatic nitrogens is 1. The molecule has 1 saturated heterocycles. The van der Waals surface area contributed by atoms with E-state index in [9.17, 15) is 4.79 Å². The van der Waals surface area contributed by atoms with Crippen LogP contribution < -0.4 is 0 Å². The molecule has 0 N–H and O–H groups in total. The number of halogens is 2. The molecule has 8 heteroatoms. The van der Waals surface area contributed by atoms with Gasteiger partial charge in [0, 0.05) is 21.5 Å². The molecule has 35 heavy (non-hydrogen) atoms. The van der Waals surface area contributed by atoms with Crippen LogP contribution in [0.15, 0.2) is 91.8 Å².